The first-order valence-corrected chi connectivity index (χ1v) is 13.9. The number of nitrogen functional groups attached to an aromatic ring is 1. The van der Waals surface area contributed by atoms with Crippen LogP contribution in [0.1, 0.15) is 60.8 Å². The molecule has 0 atom stereocenters. The lowest BCUT2D eigenvalue weighted by Gasteiger charge is -2.27. The Morgan fingerprint density at radius 1 is 1.14 bits per heavy atom. The predicted molar refractivity (Wildman–Crippen MR) is 156 cm³/mol. The number of nitrogens with one attached hydrogen (secondary N) is 2. The molecule has 2 aliphatic rings. The standard InChI is InChI=1S/C32H31FN6O3/c1-3-4-25(40)38-32-13-11-31(19-32,12-14-32)30-37-26(27-28(34)35-15-16-39(27)30)21-7-5-20(6-8-21)18-36-29(41)23-17-22(33)9-10-24(23)42-2/h5-10,15-17H,11-14,18-19H2,1-2H3,(H2,34,35)(H,36,41)(H,38,40). The summed E-state index contributed by atoms with van der Waals surface area (Å²) < 4.78 is 21.0. The van der Waals surface area contributed by atoms with Gasteiger partial charge in [-0.05, 0) is 68.7 Å². The monoisotopic (exact) mass is 566 g/mol. The van der Waals surface area contributed by atoms with Crippen molar-refractivity contribution in [2.75, 3.05) is 12.8 Å². The minimum atomic E-state index is -0.512. The number of ether oxygens (including phenoxy) is 1. The summed E-state index contributed by atoms with van der Waals surface area (Å²) in [5.41, 5.74) is 9.27. The number of methoxy groups -OCH3 is 1. The van der Waals surface area contributed by atoms with Crippen molar-refractivity contribution >= 4 is 23.1 Å². The first-order chi connectivity index (χ1) is 20.3. The zero-order chi connectivity index (χ0) is 29.5. The summed E-state index contributed by atoms with van der Waals surface area (Å²) in [6.45, 7) is 1.91. The maximum Gasteiger partial charge on any atom is 0.296 e. The second-order valence-corrected chi connectivity index (χ2v) is 11.1. The molecule has 2 fully saturated rings. The van der Waals surface area contributed by atoms with Crippen LogP contribution in [0.5, 0.6) is 5.75 Å². The molecule has 2 saturated carbocycles. The number of fused-ring (bicyclic) bond motifs is 3. The molecule has 0 radical (unpaired) electrons. The summed E-state index contributed by atoms with van der Waals surface area (Å²) in [7, 11) is 1.44. The lowest BCUT2D eigenvalue weighted by molar-refractivity contribution is -0.117. The van der Waals surface area contributed by atoms with E-state index in [1.807, 2.05) is 34.9 Å². The van der Waals surface area contributed by atoms with Crippen LogP contribution < -0.4 is 21.1 Å². The Balaban J connectivity index is 1.26. The first kappa shape index (κ1) is 27.3. The van der Waals surface area contributed by atoms with Crippen LogP contribution in [0, 0.1) is 17.7 Å². The fourth-order valence-electron chi connectivity index (χ4n) is 6.62. The minimum absolute atomic E-state index is 0.134. The summed E-state index contributed by atoms with van der Waals surface area (Å²) in [6.07, 6.45) is 7.93. The number of aromatic nitrogens is 3. The zero-order valence-electron chi connectivity index (χ0n) is 23.5. The van der Waals surface area contributed by atoms with E-state index in [0.29, 0.717) is 11.6 Å². The van der Waals surface area contributed by atoms with Crippen LogP contribution in [0.3, 0.4) is 0 Å². The first-order valence-electron chi connectivity index (χ1n) is 13.9. The molecule has 2 amide bonds. The van der Waals surface area contributed by atoms with E-state index in [0.717, 1.165) is 66.3 Å². The highest BCUT2D eigenvalue weighted by Gasteiger charge is 2.57. The van der Waals surface area contributed by atoms with E-state index in [1.165, 1.54) is 19.2 Å². The molecule has 42 heavy (non-hydrogen) atoms. The average molecular weight is 567 g/mol. The predicted octanol–water partition coefficient (Wildman–Crippen LogP) is 4.15. The van der Waals surface area contributed by atoms with Gasteiger partial charge in [0.15, 0.2) is 0 Å². The van der Waals surface area contributed by atoms with Gasteiger partial charge in [-0.2, -0.15) is 0 Å². The molecular formula is C32H31FN6O3. The van der Waals surface area contributed by atoms with Gasteiger partial charge in [0.1, 0.15) is 34.4 Å². The Morgan fingerprint density at radius 2 is 1.90 bits per heavy atom. The molecule has 214 valence electrons. The van der Waals surface area contributed by atoms with Gasteiger partial charge in [0.2, 0.25) is 0 Å². The molecule has 0 aliphatic heterocycles. The number of benzene rings is 2. The van der Waals surface area contributed by atoms with Gasteiger partial charge in [0.25, 0.3) is 11.8 Å². The third-order valence-corrected chi connectivity index (χ3v) is 8.60. The number of hydrogen-bond acceptors (Lipinski definition) is 6. The fraction of sp³-hybridized carbons (Fsp3) is 0.312. The maximum absolute atomic E-state index is 13.7. The number of carbonyl (C=O) groups is 2. The Labute approximate surface area is 242 Å². The number of rotatable bonds is 7. The second kappa shape index (κ2) is 10.5. The number of imidazole rings is 1. The number of halogens is 1. The summed E-state index contributed by atoms with van der Waals surface area (Å²) in [6, 6.07) is 11.5. The molecule has 4 N–H and O–H groups in total. The maximum atomic E-state index is 13.7. The SMILES string of the molecule is CC#CC(=O)NC12CCC(c3nc(-c4ccc(CNC(=O)c5cc(F)ccc5OC)cc4)c4c(N)nccn34)(CC1)C2. The summed E-state index contributed by atoms with van der Waals surface area (Å²) in [4.78, 5) is 34.5. The highest BCUT2D eigenvalue weighted by atomic mass is 19.1. The van der Waals surface area contributed by atoms with Crippen molar-refractivity contribution in [3.05, 3.63) is 77.6 Å². The minimum Gasteiger partial charge on any atom is -0.496 e. The van der Waals surface area contributed by atoms with Gasteiger partial charge in [-0.1, -0.05) is 30.2 Å². The van der Waals surface area contributed by atoms with Crippen molar-refractivity contribution in [2.24, 2.45) is 0 Å². The molecule has 2 aliphatic carbocycles. The lowest BCUT2D eigenvalue weighted by Crippen LogP contribution is -2.44. The van der Waals surface area contributed by atoms with Crippen molar-refractivity contribution in [3.8, 4) is 28.8 Å². The smallest absolute Gasteiger partial charge is 0.296 e. The second-order valence-electron chi connectivity index (χ2n) is 11.1. The van der Waals surface area contributed by atoms with E-state index in [4.69, 9.17) is 15.5 Å². The van der Waals surface area contributed by atoms with Gasteiger partial charge in [-0.3, -0.25) is 14.0 Å². The Morgan fingerprint density at radius 3 is 2.62 bits per heavy atom. The number of amides is 2. The Hall–Kier alpha value is -4.91. The Kier molecular flexibility index (Phi) is 6.81. The van der Waals surface area contributed by atoms with Gasteiger partial charge < -0.3 is 21.1 Å². The third-order valence-electron chi connectivity index (χ3n) is 8.60. The topological polar surface area (TPSA) is 124 Å². The summed E-state index contributed by atoms with van der Waals surface area (Å²) in [5, 5.41) is 6.01. The molecule has 4 aromatic rings. The highest BCUT2D eigenvalue weighted by Crippen LogP contribution is 2.57. The van der Waals surface area contributed by atoms with Crippen LogP contribution in [0.25, 0.3) is 16.8 Å². The lowest BCUT2D eigenvalue weighted by atomic mass is 9.83. The van der Waals surface area contributed by atoms with Crippen molar-refractivity contribution < 1.29 is 18.7 Å². The molecular weight excluding hydrogens is 535 g/mol. The van der Waals surface area contributed by atoms with Crippen molar-refractivity contribution in [1.29, 1.82) is 0 Å². The molecule has 9 nitrogen and oxygen atoms in total. The molecule has 6 rings (SSSR count). The van der Waals surface area contributed by atoms with Crippen LogP contribution in [0.15, 0.2) is 54.9 Å². The van der Waals surface area contributed by atoms with E-state index >= 15 is 0 Å². The van der Waals surface area contributed by atoms with Gasteiger partial charge in [0, 0.05) is 35.5 Å². The van der Waals surface area contributed by atoms with Crippen molar-refractivity contribution in [3.63, 3.8) is 0 Å². The van der Waals surface area contributed by atoms with Gasteiger partial charge >= 0.3 is 0 Å². The largest absolute Gasteiger partial charge is 0.496 e. The number of nitrogens with two attached hydrogens (primary N) is 1. The van der Waals surface area contributed by atoms with Gasteiger partial charge in [-0.25, -0.2) is 14.4 Å². The molecule has 2 heterocycles. The van der Waals surface area contributed by atoms with Crippen LogP contribution in [0.4, 0.5) is 10.2 Å². The third kappa shape index (κ3) is 4.71. The van der Waals surface area contributed by atoms with Crippen LogP contribution in [-0.4, -0.2) is 38.8 Å². The van der Waals surface area contributed by atoms with E-state index < -0.39 is 11.7 Å². The van der Waals surface area contributed by atoms with Crippen molar-refractivity contribution in [1.82, 2.24) is 25.0 Å². The van der Waals surface area contributed by atoms with Gasteiger partial charge in [0.05, 0.1) is 12.7 Å². The normalized spacial score (nSPS) is 20.6. The zero-order valence-corrected chi connectivity index (χ0v) is 23.5. The van der Waals surface area contributed by atoms with Crippen LogP contribution in [-0.2, 0) is 16.8 Å². The number of hydrogen-bond donors (Lipinski definition) is 3. The molecule has 2 aromatic heterocycles. The average Bonchev–Trinajstić information content (AvgIpc) is 3.67. The molecule has 0 saturated heterocycles. The molecule has 10 heteroatoms. The molecule has 2 bridgehead atoms. The molecule has 0 spiro atoms. The molecule has 2 aromatic carbocycles. The van der Waals surface area contributed by atoms with E-state index in [9.17, 15) is 14.0 Å². The van der Waals surface area contributed by atoms with E-state index in [2.05, 4.69) is 27.5 Å². The van der Waals surface area contributed by atoms with E-state index in [-0.39, 0.29) is 29.0 Å². The summed E-state index contributed by atoms with van der Waals surface area (Å²) in [5.74, 6) is 5.73. The number of anilines is 1. The molecule has 0 unspecified atom stereocenters. The quantitative estimate of drug-likeness (QED) is 0.289. The highest BCUT2D eigenvalue weighted by molar-refractivity contribution is 5.97. The number of nitrogens with zero attached hydrogens (tertiary/aromatic N) is 3. The van der Waals surface area contributed by atoms with Crippen molar-refractivity contribution in [2.45, 2.75) is 56.5 Å². The summed E-state index contributed by atoms with van der Waals surface area (Å²) >= 11 is 0. The van der Waals surface area contributed by atoms with Crippen LogP contribution in [0.2, 0.25) is 0 Å². The van der Waals surface area contributed by atoms with E-state index in [1.54, 1.807) is 13.1 Å². The number of carbonyl (C=O) groups excluding carboxylic acids is 2. The van der Waals surface area contributed by atoms with Gasteiger partial charge in [-0.15, -0.1) is 0 Å². The Bertz CT molecular complexity index is 1760. The fourth-order valence-corrected chi connectivity index (χ4v) is 6.62. The van der Waals surface area contributed by atoms with Crippen LogP contribution >= 0.6 is 0 Å².